The first-order valence-electron chi connectivity index (χ1n) is 5.97. The van der Waals surface area contributed by atoms with Crippen LogP contribution in [0.3, 0.4) is 0 Å². The Morgan fingerprint density at radius 2 is 1.82 bits per heavy atom. The van der Waals surface area contributed by atoms with Gasteiger partial charge in [0.1, 0.15) is 6.29 Å². The van der Waals surface area contributed by atoms with Gasteiger partial charge in [0, 0.05) is 0 Å². The van der Waals surface area contributed by atoms with Crippen LogP contribution in [-0.4, -0.2) is 6.29 Å². The lowest BCUT2D eigenvalue weighted by atomic mass is 9.98. The van der Waals surface area contributed by atoms with E-state index in [0.717, 1.165) is 23.9 Å². The van der Waals surface area contributed by atoms with Crippen LogP contribution in [0.1, 0.15) is 26.3 Å². The van der Waals surface area contributed by atoms with Gasteiger partial charge in [0.25, 0.3) is 0 Å². The molecule has 0 bridgehead atoms. The van der Waals surface area contributed by atoms with Crippen LogP contribution in [0.4, 0.5) is 0 Å². The lowest BCUT2D eigenvalue weighted by molar-refractivity contribution is -0.104. The predicted octanol–water partition coefficient (Wildman–Crippen LogP) is 3.96. The monoisotopic (exact) mass is 228 g/mol. The van der Waals surface area contributed by atoms with Gasteiger partial charge in [-0.25, -0.2) is 0 Å². The molecule has 0 radical (unpaired) electrons. The minimum absolute atomic E-state index is 0.480. The van der Waals surface area contributed by atoms with Gasteiger partial charge in [0.05, 0.1) is 0 Å². The molecule has 0 fully saturated rings. The van der Waals surface area contributed by atoms with E-state index in [9.17, 15) is 4.79 Å². The molecule has 1 aromatic carbocycles. The molecule has 0 aliphatic carbocycles. The average Bonchev–Trinajstić information content (AvgIpc) is 2.29. The Kier molecular flexibility index (Phi) is 5.41. The van der Waals surface area contributed by atoms with Crippen LogP contribution in [0.25, 0.3) is 0 Å². The molecular weight excluding hydrogens is 208 g/mol. The highest BCUT2D eigenvalue weighted by Gasteiger charge is 2.00. The minimum atomic E-state index is 0.480. The summed E-state index contributed by atoms with van der Waals surface area (Å²) in [7, 11) is 0. The molecule has 0 aliphatic rings. The normalized spacial score (nSPS) is 14.5. The molecule has 0 heterocycles. The van der Waals surface area contributed by atoms with Gasteiger partial charge in [-0.2, -0.15) is 0 Å². The number of aldehydes is 1. The van der Waals surface area contributed by atoms with Crippen LogP contribution in [0.5, 0.6) is 0 Å². The first-order valence-corrected chi connectivity index (χ1v) is 5.97. The third-order valence-corrected chi connectivity index (χ3v) is 2.59. The number of benzene rings is 1. The van der Waals surface area contributed by atoms with Crippen LogP contribution < -0.4 is 0 Å². The number of allylic oxidation sites excluding steroid dienone is 4. The second kappa shape index (κ2) is 6.85. The smallest absolute Gasteiger partial charge is 0.145 e. The zero-order valence-electron chi connectivity index (χ0n) is 10.8. The molecule has 1 atom stereocenters. The van der Waals surface area contributed by atoms with Gasteiger partial charge in [0.15, 0.2) is 0 Å². The topological polar surface area (TPSA) is 17.1 Å². The van der Waals surface area contributed by atoms with Crippen molar-refractivity contribution in [3.63, 3.8) is 0 Å². The Morgan fingerprint density at radius 3 is 2.41 bits per heavy atom. The van der Waals surface area contributed by atoms with Crippen LogP contribution in [0.15, 0.2) is 53.6 Å². The first-order chi connectivity index (χ1) is 8.11. The van der Waals surface area contributed by atoms with Gasteiger partial charge in [-0.1, -0.05) is 55.0 Å². The molecule has 1 heteroatoms. The maximum atomic E-state index is 10.5. The highest BCUT2D eigenvalue weighted by Crippen LogP contribution is 2.12. The number of rotatable bonds is 5. The van der Waals surface area contributed by atoms with Crippen molar-refractivity contribution in [2.75, 3.05) is 0 Å². The average molecular weight is 228 g/mol. The van der Waals surface area contributed by atoms with E-state index in [0.29, 0.717) is 5.92 Å². The van der Waals surface area contributed by atoms with Crippen LogP contribution in [0.2, 0.25) is 0 Å². The Balaban J connectivity index is 2.63. The van der Waals surface area contributed by atoms with Crippen molar-refractivity contribution in [3.05, 3.63) is 59.2 Å². The quantitative estimate of drug-likeness (QED) is 0.423. The molecule has 0 aromatic heterocycles. The fraction of sp³-hybridized carbons (Fsp3) is 0.312. The molecule has 1 aromatic rings. The molecule has 17 heavy (non-hydrogen) atoms. The summed E-state index contributed by atoms with van der Waals surface area (Å²) in [6.07, 6.45) is 6.06. The van der Waals surface area contributed by atoms with Crippen molar-refractivity contribution in [1.82, 2.24) is 0 Å². The summed E-state index contributed by atoms with van der Waals surface area (Å²) in [4.78, 5) is 10.5. The molecular formula is C16H20O. The Labute approximate surface area is 104 Å². The molecule has 0 N–H and O–H groups in total. The number of carbonyl (C=O) groups excluding carboxylic acids is 1. The van der Waals surface area contributed by atoms with Gasteiger partial charge < -0.3 is 0 Å². The number of hydrogen-bond donors (Lipinski definition) is 0. The van der Waals surface area contributed by atoms with Crippen LogP contribution in [-0.2, 0) is 11.2 Å². The van der Waals surface area contributed by atoms with E-state index in [1.54, 1.807) is 0 Å². The van der Waals surface area contributed by atoms with Crippen molar-refractivity contribution in [2.24, 2.45) is 5.92 Å². The van der Waals surface area contributed by atoms with Gasteiger partial charge >= 0.3 is 0 Å². The highest BCUT2D eigenvalue weighted by atomic mass is 16.1. The Hall–Kier alpha value is -1.63. The molecule has 1 unspecified atom stereocenters. The standard InChI is InChI=1S/C16H20O/c1-13(10-15(3)12-17)9-14(2)11-16-7-5-4-6-8-16/h4-10,12,14H,11H2,1-3H3/b13-9+,15-10+. The fourth-order valence-corrected chi connectivity index (χ4v) is 1.93. The first kappa shape index (κ1) is 13.4. The Bertz CT molecular complexity index is 412. The summed E-state index contributed by atoms with van der Waals surface area (Å²) in [6.45, 7) is 6.06. The molecule has 0 spiro atoms. The molecule has 0 saturated carbocycles. The maximum absolute atomic E-state index is 10.5. The van der Waals surface area contributed by atoms with E-state index < -0.39 is 0 Å². The largest absolute Gasteiger partial charge is 0.298 e. The van der Waals surface area contributed by atoms with E-state index in [4.69, 9.17) is 0 Å². The molecule has 1 rings (SSSR count). The third-order valence-electron chi connectivity index (χ3n) is 2.59. The fourth-order valence-electron chi connectivity index (χ4n) is 1.93. The van der Waals surface area contributed by atoms with E-state index in [1.165, 1.54) is 5.56 Å². The summed E-state index contributed by atoms with van der Waals surface area (Å²) in [5.74, 6) is 0.480. The second-order valence-electron chi connectivity index (χ2n) is 4.58. The van der Waals surface area contributed by atoms with Crippen LogP contribution >= 0.6 is 0 Å². The van der Waals surface area contributed by atoms with E-state index >= 15 is 0 Å². The zero-order valence-corrected chi connectivity index (χ0v) is 10.8. The number of hydrogen-bond acceptors (Lipinski definition) is 1. The lowest BCUT2D eigenvalue weighted by Crippen LogP contribution is -1.96. The molecule has 1 nitrogen and oxygen atoms in total. The van der Waals surface area contributed by atoms with Gasteiger partial charge in [-0.05, 0) is 37.3 Å². The van der Waals surface area contributed by atoms with Crippen molar-refractivity contribution in [2.45, 2.75) is 27.2 Å². The minimum Gasteiger partial charge on any atom is -0.298 e. The van der Waals surface area contributed by atoms with Crippen molar-refractivity contribution >= 4 is 6.29 Å². The summed E-state index contributed by atoms with van der Waals surface area (Å²) in [5, 5.41) is 0. The molecule has 0 saturated heterocycles. The van der Waals surface area contributed by atoms with Gasteiger partial charge in [-0.15, -0.1) is 0 Å². The second-order valence-corrected chi connectivity index (χ2v) is 4.58. The lowest BCUT2D eigenvalue weighted by Gasteiger charge is -2.07. The van der Waals surface area contributed by atoms with Crippen molar-refractivity contribution in [3.8, 4) is 0 Å². The SMILES string of the molecule is C/C(C=O)=C\C(C)=C\C(C)Cc1ccccc1. The van der Waals surface area contributed by atoms with Crippen molar-refractivity contribution in [1.29, 1.82) is 0 Å². The predicted molar refractivity (Wildman–Crippen MR) is 72.9 cm³/mol. The summed E-state index contributed by atoms with van der Waals surface area (Å²) in [5.41, 5.74) is 3.27. The van der Waals surface area contributed by atoms with Crippen molar-refractivity contribution < 1.29 is 4.79 Å². The van der Waals surface area contributed by atoms with Gasteiger partial charge in [-0.3, -0.25) is 4.79 Å². The van der Waals surface area contributed by atoms with Gasteiger partial charge in [0.2, 0.25) is 0 Å². The third kappa shape index (κ3) is 5.30. The highest BCUT2D eigenvalue weighted by molar-refractivity contribution is 5.73. The van der Waals surface area contributed by atoms with Crippen LogP contribution in [0, 0.1) is 5.92 Å². The number of carbonyl (C=O) groups is 1. The molecule has 90 valence electrons. The maximum Gasteiger partial charge on any atom is 0.145 e. The molecule has 0 aliphatic heterocycles. The van der Waals surface area contributed by atoms with E-state index in [2.05, 4.69) is 37.3 Å². The summed E-state index contributed by atoms with van der Waals surface area (Å²) in [6, 6.07) is 10.5. The summed E-state index contributed by atoms with van der Waals surface area (Å²) < 4.78 is 0. The van der Waals surface area contributed by atoms with E-state index in [-0.39, 0.29) is 0 Å². The Morgan fingerprint density at radius 1 is 1.18 bits per heavy atom. The molecule has 0 amide bonds. The zero-order chi connectivity index (χ0) is 12.7. The summed E-state index contributed by atoms with van der Waals surface area (Å²) >= 11 is 0. The van der Waals surface area contributed by atoms with E-state index in [1.807, 2.05) is 26.0 Å².